The lowest BCUT2D eigenvalue weighted by Gasteiger charge is -2.37. The first-order valence-corrected chi connectivity index (χ1v) is 7.49. The van der Waals surface area contributed by atoms with E-state index < -0.39 is 0 Å². The first kappa shape index (κ1) is 13.4. The van der Waals surface area contributed by atoms with Gasteiger partial charge in [-0.2, -0.15) is 5.10 Å². The molecule has 5 nitrogen and oxygen atoms in total. The molecule has 2 aromatic rings. The second kappa shape index (κ2) is 5.79. The Morgan fingerprint density at radius 3 is 3.00 bits per heavy atom. The average Bonchev–Trinajstić information content (AvgIpc) is 2.84. The minimum atomic E-state index is 0.0443. The third-order valence-electron chi connectivity index (χ3n) is 3.86. The lowest BCUT2D eigenvalue weighted by molar-refractivity contribution is 0.0583. The van der Waals surface area contributed by atoms with Crippen molar-refractivity contribution < 1.29 is 4.79 Å². The van der Waals surface area contributed by atoms with Crippen molar-refractivity contribution in [2.75, 3.05) is 12.4 Å². The number of hydrogen-bond donors (Lipinski definition) is 0. The topological polar surface area (TPSA) is 50.5 Å². The number of alkyl halides is 1. The van der Waals surface area contributed by atoms with Crippen molar-refractivity contribution >= 4 is 23.0 Å². The lowest BCUT2D eigenvalue weighted by Crippen LogP contribution is -2.44. The van der Waals surface area contributed by atoms with Crippen molar-refractivity contribution in [2.24, 2.45) is 0 Å². The summed E-state index contributed by atoms with van der Waals surface area (Å²) in [5.74, 6) is 0.620. The Morgan fingerprint density at radius 2 is 2.30 bits per heavy atom. The normalized spacial score (nSPS) is 15.2. The summed E-state index contributed by atoms with van der Waals surface area (Å²) in [5, 5.41) is 4.21. The maximum atomic E-state index is 12.8. The van der Waals surface area contributed by atoms with Crippen LogP contribution in [0.5, 0.6) is 0 Å². The zero-order chi connectivity index (χ0) is 13.9. The van der Waals surface area contributed by atoms with Crippen molar-refractivity contribution in [1.29, 1.82) is 0 Å². The van der Waals surface area contributed by atoms with Crippen LogP contribution in [0.1, 0.15) is 36.0 Å². The van der Waals surface area contributed by atoms with Gasteiger partial charge in [-0.25, -0.2) is 4.52 Å². The molecule has 0 saturated heterocycles. The second-order valence-corrected chi connectivity index (χ2v) is 5.47. The number of fused-ring (bicyclic) bond motifs is 1. The third-order valence-corrected chi connectivity index (χ3v) is 4.13. The molecule has 0 unspecified atom stereocenters. The van der Waals surface area contributed by atoms with Crippen LogP contribution in [0.3, 0.4) is 0 Å². The van der Waals surface area contributed by atoms with Gasteiger partial charge in [-0.15, -0.1) is 11.6 Å². The van der Waals surface area contributed by atoms with Gasteiger partial charge in [0.1, 0.15) is 0 Å². The van der Waals surface area contributed by atoms with E-state index in [2.05, 4.69) is 10.1 Å². The highest BCUT2D eigenvalue weighted by Crippen LogP contribution is 2.27. The summed E-state index contributed by atoms with van der Waals surface area (Å²) >= 11 is 5.77. The summed E-state index contributed by atoms with van der Waals surface area (Å²) in [6.07, 6.45) is 10.9. The number of halogens is 1. The van der Waals surface area contributed by atoms with E-state index in [4.69, 9.17) is 11.6 Å². The second-order valence-electron chi connectivity index (χ2n) is 5.09. The molecule has 1 aliphatic carbocycles. The zero-order valence-electron chi connectivity index (χ0n) is 11.2. The van der Waals surface area contributed by atoms with Gasteiger partial charge in [0.15, 0.2) is 0 Å². The molecule has 0 bridgehead atoms. The first-order chi connectivity index (χ1) is 9.81. The Hall–Kier alpha value is -1.62. The van der Waals surface area contributed by atoms with E-state index in [1.165, 1.54) is 6.42 Å². The number of carbonyl (C=O) groups excluding carboxylic acids is 1. The van der Waals surface area contributed by atoms with Gasteiger partial charge < -0.3 is 4.90 Å². The van der Waals surface area contributed by atoms with Crippen molar-refractivity contribution in [2.45, 2.75) is 31.7 Å². The standard InChI is InChI=1S/C14H17ClN4O/c15-5-2-7-18(11-3-1-4-11)14(20)12-9-17-19-8-6-16-10-13(12)19/h6,8-11H,1-5,7H2. The molecule has 1 aliphatic rings. The van der Waals surface area contributed by atoms with E-state index in [0.717, 1.165) is 24.8 Å². The summed E-state index contributed by atoms with van der Waals surface area (Å²) in [4.78, 5) is 18.8. The van der Waals surface area contributed by atoms with E-state index in [1.54, 1.807) is 29.3 Å². The molecule has 0 aromatic carbocycles. The van der Waals surface area contributed by atoms with Crippen molar-refractivity contribution in [3.8, 4) is 0 Å². The lowest BCUT2D eigenvalue weighted by atomic mass is 9.91. The Kier molecular flexibility index (Phi) is 3.87. The van der Waals surface area contributed by atoms with Gasteiger partial charge >= 0.3 is 0 Å². The Balaban J connectivity index is 1.88. The van der Waals surface area contributed by atoms with Crippen LogP contribution >= 0.6 is 11.6 Å². The molecule has 0 radical (unpaired) electrons. The number of amides is 1. The Morgan fingerprint density at radius 1 is 1.45 bits per heavy atom. The average molecular weight is 293 g/mol. The Labute approximate surface area is 122 Å². The first-order valence-electron chi connectivity index (χ1n) is 6.95. The van der Waals surface area contributed by atoms with Crippen LogP contribution in [-0.4, -0.2) is 43.9 Å². The van der Waals surface area contributed by atoms with Gasteiger partial charge in [-0.05, 0) is 25.7 Å². The van der Waals surface area contributed by atoms with E-state index in [0.29, 0.717) is 24.0 Å². The fourth-order valence-electron chi connectivity index (χ4n) is 2.53. The zero-order valence-corrected chi connectivity index (χ0v) is 12.0. The Bertz CT molecular complexity index is 608. The number of hydrogen-bond acceptors (Lipinski definition) is 3. The molecule has 6 heteroatoms. The molecule has 0 aliphatic heterocycles. The summed E-state index contributed by atoms with van der Waals surface area (Å²) in [7, 11) is 0. The highest BCUT2D eigenvalue weighted by molar-refractivity contribution is 6.17. The highest BCUT2D eigenvalue weighted by Gasteiger charge is 2.30. The number of carbonyl (C=O) groups is 1. The van der Waals surface area contributed by atoms with Crippen molar-refractivity contribution in [3.05, 3.63) is 30.4 Å². The molecule has 20 heavy (non-hydrogen) atoms. The molecule has 2 aromatic heterocycles. The van der Waals surface area contributed by atoms with E-state index in [-0.39, 0.29) is 5.91 Å². The van der Waals surface area contributed by atoms with Gasteiger partial charge in [-0.1, -0.05) is 0 Å². The van der Waals surface area contributed by atoms with E-state index in [1.807, 2.05) is 4.90 Å². The predicted octanol–water partition coefficient (Wildman–Crippen LogP) is 2.35. The third kappa shape index (κ3) is 2.38. The molecule has 106 valence electrons. The van der Waals surface area contributed by atoms with E-state index >= 15 is 0 Å². The maximum absolute atomic E-state index is 12.8. The molecule has 0 spiro atoms. The molecule has 1 fully saturated rings. The van der Waals surface area contributed by atoms with Gasteiger partial charge in [0.2, 0.25) is 0 Å². The van der Waals surface area contributed by atoms with E-state index in [9.17, 15) is 4.79 Å². The molecule has 3 rings (SSSR count). The number of rotatable bonds is 5. The van der Waals surface area contributed by atoms with Crippen molar-refractivity contribution in [3.63, 3.8) is 0 Å². The van der Waals surface area contributed by atoms with Gasteiger partial charge in [0.25, 0.3) is 5.91 Å². The largest absolute Gasteiger partial charge is 0.336 e. The van der Waals surface area contributed by atoms with Gasteiger partial charge in [0, 0.05) is 30.9 Å². The van der Waals surface area contributed by atoms with Crippen LogP contribution in [0.15, 0.2) is 24.8 Å². The van der Waals surface area contributed by atoms with Crippen LogP contribution in [0.4, 0.5) is 0 Å². The fourth-order valence-corrected chi connectivity index (χ4v) is 2.65. The molecule has 1 amide bonds. The molecular weight excluding hydrogens is 276 g/mol. The van der Waals surface area contributed by atoms with Crippen LogP contribution < -0.4 is 0 Å². The minimum absolute atomic E-state index is 0.0443. The summed E-state index contributed by atoms with van der Waals surface area (Å²) < 4.78 is 1.68. The van der Waals surface area contributed by atoms with Gasteiger partial charge in [0.05, 0.1) is 23.5 Å². The smallest absolute Gasteiger partial charge is 0.257 e. The van der Waals surface area contributed by atoms with Gasteiger partial charge in [-0.3, -0.25) is 9.78 Å². The van der Waals surface area contributed by atoms with Crippen LogP contribution in [0, 0.1) is 0 Å². The SMILES string of the molecule is O=C(c1cnn2ccncc12)N(CCCCl)C1CCC1. The van der Waals surface area contributed by atoms with Crippen LogP contribution in [0.25, 0.3) is 5.52 Å². The highest BCUT2D eigenvalue weighted by atomic mass is 35.5. The molecule has 2 heterocycles. The predicted molar refractivity (Wildman–Crippen MR) is 77.0 cm³/mol. The van der Waals surface area contributed by atoms with Crippen molar-refractivity contribution in [1.82, 2.24) is 19.5 Å². The molecule has 0 atom stereocenters. The fraction of sp³-hybridized carbons (Fsp3) is 0.500. The number of aromatic nitrogens is 3. The maximum Gasteiger partial charge on any atom is 0.257 e. The van der Waals surface area contributed by atoms with Crippen LogP contribution in [0.2, 0.25) is 0 Å². The molecule has 0 N–H and O–H groups in total. The summed E-state index contributed by atoms with van der Waals surface area (Å²) in [6.45, 7) is 0.713. The van der Waals surface area contributed by atoms with Crippen LogP contribution in [-0.2, 0) is 0 Å². The molecular formula is C14H17ClN4O. The summed E-state index contributed by atoms with van der Waals surface area (Å²) in [5.41, 5.74) is 1.38. The number of nitrogens with zero attached hydrogens (tertiary/aromatic N) is 4. The summed E-state index contributed by atoms with van der Waals surface area (Å²) in [6, 6.07) is 0.359. The molecule has 1 saturated carbocycles. The monoisotopic (exact) mass is 292 g/mol. The minimum Gasteiger partial charge on any atom is -0.336 e. The quantitative estimate of drug-likeness (QED) is 0.795.